The number of nitrogens with one attached hydrogen (secondary N) is 2. The molecule has 0 bridgehead atoms. The molecule has 0 saturated heterocycles. The number of hydrogen-bond donors (Lipinski definition) is 2. The molecule has 0 aromatic heterocycles. The molecule has 2 amide bonds. The maximum Gasteiger partial charge on any atom is 0.319 e. The van der Waals surface area contributed by atoms with Crippen LogP contribution in [0.4, 0.5) is 14.9 Å². The van der Waals surface area contributed by atoms with E-state index in [1.165, 1.54) is 12.1 Å². The molecule has 116 valence electrons. The zero-order chi connectivity index (χ0) is 15.9. The normalized spacial score (nSPS) is 10.1. The van der Waals surface area contributed by atoms with Gasteiger partial charge in [0, 0.05) is 10.7 Å². The first-order chi connectivity index (χ1) is 10.5. The van der Waals surface area contributed by atoms with Crippen molar-refractivity contribution in [2.75, 3.05) is 18.5 Å². The van der Waals surface area contributed by atoms with Gasteiger partial charge >= 0.3 is 6.03 Å². The van der Waals surface area contributed by atoms with Crippen LogP contribution in [0, 0.1) is 5.82 Å². The van der Waals surface area contributed by atoms with E-state index in [1.54, 1.807) is 24.3 Å². The molecule has 0 aliphatic heterocycles. The summed E-state index contributed by atoms with van der Waals surface area (Å²) in [5, 5.41) is 6.05. The number of carbonyl (C=O) groups is 1. The van der Waals surface area contributed by atoms with Gasteiger partial charge in [-0.15, -0.1) is 0 Å². The molecule has 2 rings (SSSR count). The number of rotatable bonds is 5. The fourth-order valence-corrected chi connectivity index (χ4v) is 1.97. The lowest BCUT2D eigenvalue weighted by atomic mass is 10.3. The van der Waals surface area contributed by atoms with Gasteiger partial charge < -0.3 is 15.4 Å². The summed E-state index contributed by atoms with van der Waals surface area (Å²) in [7, 11) is 0. The molecule has 7 heteroatoms. The van der Waals surface area contributed by atoms with Gasteiger partial charge in [-0.25, -0.2) is 9.18 Å². The van der Waals surface area contributed by atoms with Crippen LogP contribution < -0.4 is 15.4 Å². The lowest BCUT2D eigenvalue weighted by Crippen LogP contribution is -2.32. The quantitative estimate of drug-likeness (QED) is 0.794. The summed E-state index contributed by atoms with van der Waals surface area (Å²) in [6.45, 7) is 0.479. The lowest BCUT2D eigenvalue weighted by Gasteiger charge is -2.10. The molecule has 0 heterocycles. The molecular formula is C15H13Cl2FN2O2. The Morgan fingerprint density at radius 3 is 2.55 bits per heavy atom. The third kappa shape index (κ3) is 5.09. The second-order valence-corrected chi connectivity index (χ2v) is 5.15. The highest BCUT2D eigenvalue weighted by atomic mass is 35.5. The molecule has 0 aliphatic carbocycles. The van der Waals surface area contributed by atoms with Crippen LogP contribution in [0.3, 0.4) is 0 Å². The van der Waals surface area contributed by atoms with Crippen LogP contribution in [0.2, 0.25) is 10.0 Å². The average molecular weight is 343 g/mol. The van der Waals surface area contributed by atoms with Crippen LogP contribution in [-0.4, -0.2) is 19.2 Å². The fraction of sp³-hybridized carbons (Fsp3) is 0.133. The van der Waals surface area contributed by atoms with Crippen molar-refractivity contribution in [2.45, 2.75) is 0 Å². The molecule has 0 fully saturated rings. The van der Waals surface area contributed by atoms with Crippen LogP contribution in [0.5, 0.6) is 5.75 Å². The van der Waals surface area contributed by atoms with Crippen molar-refractivity contribution < 1.29 is 13.9 Å². The monoisotopic (exact) mass is 342 g/mol. The zero-order valence-electron chi connectivity index (χ0n) is 11.4. The predicted molar refractivity (Wildman–Crippen MR) is 85.4 cm³/mol. The minimum atomic E-state index is -0.433. The van der Waals surface area contributed by atoms with E-state index < -0.39 is 5.82 Å². The Morgan fingerprint density at radius 1 is 1.14 bits per heavy atom. The van der Waals surface area contributed by atoms with Gasteiger partial charge in [-0.05, 0) is 42.5 Å². The third-order valence-electron chi connectivity index (χ3n) is 2.64. The Morgan fingerprint density at radius 2 is 1.86 bits per heavy atom. The van der Waals surface area contributed by atoms with Crippen LogP contribution in [-0.2, 0) is 0 Å². The first-order valence-electron chi connectivity index (χ1n) is 6.43. The Kier molecular flexibility index (Phi) is 5.86. The molecule has 0 atom stereocenters. The minimum absolute atomic E-state index is 0.186. The number of anilines is 1. The topological polar surface area (TPSA) is 50.4 Å². The summed E-state index contributed by atoms with van der Waals surface area (Å²) >= 11 is 11.6. The van der Waals surface area contributed by atoms with E-state index in [0.717, 1.165) is 6.07 Å². The Labute approximate surface area is 137 Å². The predicted octanol–water partition coefficient (Wildman–Crippen LogP) is 4.33. The largest absolute Gasteiger partial charge is 0.490 e. The van der Waals surface area contributed by atoms with E-state index in [4.69, 9.17) is 27.9 Å². The molecule has 0 saturated carbocycles. The van der Waals surface area contributed by atoms with Gasteiger partial charge in [0.05, 0.1) is 11.6 Å². The lowest BCUT2D eigenvalue weighted by molar-refractivity contribution is 0.247. The second-order valence-electron chi connectivity index (χ2n) is 4.31. The number of halogens is 3. The van der Waals surface area contributed by atoms with Crippen molar-refractivity contribution in [3.05, 3.63) is 58.3 Å². The molecule has 2 aromatic carbocycles. The number of carbonyl (C=O) groups excluding carboxylic acids is 1. The molecule has 2 N–H and O–H groups in total. The summed E-state index contributed by atoms with van der Waals surface area (Å²) in [6.07, 6.45) is 0. The van der Waals surface area contributed by atoms with E-state index in [2.05, 4.69) is 10.6 Å². The van der Waals surface area contributed by atoms with Gasteiger partial charge in [-0.3, -0.25) is 0 Å². The summed E-state index contributed by atoms with van der Waals surface area (Å²) < 4.78 is 18.2. The van der Waals surface area contributed by atoms with Gasteiger partial charge in [-0.2, -0.15) is 0 Å². The van der Waals surface area contributed by atoms with Crippen LogP contribution in [0.15, 0.2) is 42.5 Å². The van der Waals surface area contributed by atoms with E-state index in [-0.39, 0.29) is 24.2 Å². The van der Waals surface area contributed by atoms with Crippen molar-refractivity contribution >= 4 is 34.9 Å². The van der Waals surface area contributed by atoms with Gasteiger partial charge in [0.1, 0.15) is 18.2 Å². The summed E-state index contributed by atoms with van der Waals surface area (Å²) in [6, 6.07) is 10.2. The Balaban J connectivity index is 1.72. The van der Waals surface area contributed by atoms with Crippen LogP contribution in [0.1, 0.15) is 0 Å². The summed E-state index contributed by atoms with van der Waals surface area (Å²) in [4.78, 5) is 11.6. The second kappa shape index (κ2) is 7.87. The number of amides is 2. The van der Waals surface area contributed by atoms with Crippen molar-refractivity contribution in [1.29, 1.82) is 0 Å². The molecule has 0 radical (unpaired) electrons. The number of hydrogen-bond acceptors (Lipinski definition) is 2. The average Bonchev–Trinajstić information content (AvgIpc) is 2.48. The highest BCUT2D eigenvalue weighted by molar-refractivity contribution is 6.32. The first kappa shape index (κ1) is 16.4. The standard InChI is InChI=1S/C15H13Cl2FN2O2/c16-10-1-4-12(5-2-10)20-15(21)19-7-8-22-14-6-3-11(18)9-13(14)17/h1-6,9H,7-8H2,(H2,19,20,21). The smallest absolute Gasteiger partial charge is 0.319 e. The zero-order valence-corrected chi connectivity index (χ0v) is 12.9. The van der Waals surface area contributed by atoms with Gasteiger partial charge in [0.15, 0.2) is 0 Å². The minimum Gasteiger partial charge on any atom is -0.490 e. The SMILES string of the molecule is O=C(NCCOc1ccc(F)cc1Cl)Nc1ccc(Cl)cc1. The van der Waals surface area contributed by atoms with Crippen LogP contribution >= 0.6 is 23.2 Å². The van der Waals surface area contributed by atoms with Crippen LogP contribution in [0.25, 0.3) is 0 Å². The number of ether oxygens (including phenoxy) is 1. The molecule has 0 aliphatic rings. The third-order valence-corrected chi connectivity index (χ3v) is 3.19. The molecule has 2 aromatic rings. The maximum atomic E-state index is 12.9. The highest BCUT2D eigenvalue weighted by Gasteiger charge is 2.04. The summed E-state index contributed by atoms with van der Waals surface area (Å²) in [5.74, 6) is -0.0687. The molecule has 4 nitrogen and oxygen atoms in total. The Bertz CT molecular complexity index is 650. The van der Waals surface area contributed by atoms with E-state index in [1.807, 2.05) is 0 Å². The maximum absolute atomic E-state index is 12.9. The van der Waals surface area contributed by atoms with E-state index in [0.29, 0.717) is 16.5 Å². The molecule has 0 unspecified atom stereocenters. The molecular weight excluding hydrogens is 330 g/mol. The molecule has 22 heavy (non-hydrogen) atoms. The molecule has 0 spiro atoms. The van der Waals surface area contributed by atoms with Crippen molar-refractivity contribution in [1.82, 2.24) is 5.32 Å². The van der Waals surface area contributed by atoms with Gasteiger partial charge in [0.25, 0.3) is 0 Å². The highest BCUT2D eigenvalue weighted by Crippen LogP contribution is 2.24. The van der Waals surface area contributed by atoms with Crippen molar-refractivity contribution in [2.24, 2.45) is 0 Å². The number of benzene rings is 2. The van der Waals surface area contributed by atoms with Gasteiger partial charge in [0.2, 0.25) is 0 Å². The Hall–Kier alpha value is -1.98. The fourth-order valence-electron chi connectivity index (χ4n) is 1.63. The number of urea groups is 1. The summed E-state index contributed by atoms with van der Waals surface area (Å²) in [5.41, 5.74) is 0.629. The first-order valence-corrected chi connectivity index (χ1v) is 7.18. The van der Waals surface area contributed by atoms with Crippen molar-refractivity contribution in [3.63, 3.8) is 0 Å². The van der Waals surface area contributed by atoms with Crippen molar-refractivity contribution in [3.8, 4) is 5.75 Å². The van der Waals surface area contributed by atoms with Gasteiger partial charge in [-0.1, -0.05) is 23.2 Å². The van der Waals surface area contributed by atoms with E-state index >= 15 is 0 Å². The van der Waals surface area contributed by atoms with E-state index in [9.17, 15) is 9.18 Å².